The van der Waals surface area contributed by atoms with E-state index in [4.69, 9.17) is 10.8 Å². The van der Waals surface area contributed by atoms with Gasteiger partial charge in [-0.05, 0) is 44.4 Å². The van der Waals surface area contributed by atoms with Crippen LogP contribution in [0.15, 0.2) is 65.2 Å². The molecule has 1 saturated heterocycles. The van der Waals surface area contributed by atoms with Gasteiger partial charge in [-0.25, -0.2) is 4.99 Å². The van der Waals surface area contributed by atoms with Crippen LogP contribution in [0, 0.1) is 17.7 Å². The molecule has 0 saturated carbocycles. The third-order valence-electron chi connectivity index (χ3n) is 5.58. The highest BCUT2D eigenvalue weighted by Crippen LogP contribution is 2.09. The summed E-state index contributed by atoms with van der Waals surface area (Å²) in [5.41, 5.74) is 2.64. The standard InChI is InChI=1S/C27H35N5O2/c1-23-10-12-25(13-11-23)27(29)30-16-6-9-26(34)32-18-7-17-31(20-21-32)19-14-24(22-33)8-4-2-3-5-15-28/h2-5,8,10-13,15-16,22,28-29H,6-7,9,14,17-21H2,1H3/b4-2-,5-3+,24-8+,28-15?,29-27?,30-16?. The van der Waals surface area contributed by atoms with Crippen LogP contribution in [0.4, 0.5) is 0 Å². The van der Waals surface area contributed by atoms with Crippen molar-refractivity contribution in [3.8, 4) is 0 Å². The lowest BCUT2D eigenvalue weighted by Crippen LogP contribution is -2.35. The second-order valence-corrected chi connectivity index (χ2v) is 8.19. The summed E-state index contributed by atoms with van der Waals surface area (Å²) in [5.74, 6) is 0.326. The maximum Gasteiger partial charge on any atom is 0.222 e. The number of nitrogens with zero attached hydrogens (tertiary/aromatic N) is 3. The summed E-state index contributed by atoms with van der Waals surface area (Å²) in [7, 11) is 0. The summed E-state index contributed by atoms with van der Waals surface area (Å²) in [4.78, 5) is 32.3. The summed E-state index contributed by atoms with van der Waals surface area (Å²) in [6.07, 6.45) is 15.0. The molecule has 0 aliphatic carbocycles. The molecule has 1 aliphatic rings. The predicted molar refractivity (Wildman–Crippen MR) is 139 cm³/mol. The van der Waals surface area contributed by atoms with Crippen LogP contribution < -0.4 is 0 Å². The number of carbonyl (C=O) groups is 2. The van der Waals surface area contributed by atoms with Gasteiger partial charge in [-0.15, -0.1) is 0 Å². The van der Waals surface area contributed by atoms with Crippen molar-refractivity contribution in [3.05, 3.63) is 71.3 Å². The van der Waals surface area contributed by atoms with Crippen molar-refractivity contribution >= 4 is 30.5 Å². The SMILES string of the molecule is Cc1ccc(C(=N)N=CCCC(=O)N2CCCN(CC\C(C=O)=C/C=C\C=C\C=N)CC2)cc1. The third kappa shape index (κ3) is 10.0. The lowest BCUT2D eigenvalue weighted by atomic mass is 10.1. The molecule has 0 radical (unpaired) electrons. The second kappa shape index (κ2) is 15.4. The largest absolute Gasteiger partial charge is 0.341 e. The highest BCUT2D eigenvalue weighted by Gasteiger charge is 2.18. The Balaban J connectivity index is 1.73. The number of aldehydes is 1. The van der Waals surface area contributed by atoms with Gasteiger partial charge in [-0.2, -0.15) is 0 Å². The molecule has 180 valence electrons. The minimum Gasteiger partial charge on any atom is -0.341 e. The van der Waals surface area contributed by atoms with Crippen LogP contribution in [-0.2, 0) is 9.59 Å². The van der Waals surface area contributed by atoms with E-state index in [-0.39, 0.29) is 11.7 Å². The molecular formula is C27H35N5O2. The lowest BCUT2D eigenvalue weighted by Gasteiger charge is -2.22. The van der Waals surface area contributed by atoms with Gasteiger partial charge in [0.05, 0.1) is 0 Å². The Morgan fingerprint density at radius 1 is 1.03 bits per heavy atom. The predicted octanol–water partition coefficient (Wildman–Crippen LogP) is 3.98. The minimum absolute atomic E-state index is 0.117. The first-order chi connectivity index (χ1) is 16.5. The van der Waals surface area contributed by atoms with Crippen molar-refractivity contribution in [1.29, 1.82) is 10.8 Å². The summed E-state index contributed by atoms with van der Waals surface area (Å²) >= 11 is 0. The number of nitrogens with one attached hydrogen (secondary N) is 2. The average Bonchev–Trinajstić information content (AvgIpc) is 3.09. The van der Waals surface area contributed by atoms with Crippen LogP contribution in [0.3, 0.4) is 0 Å². The maximum absolute atomic E-state index is 12.6. The molecule has 0 atom stereocenters. The Hall–Kier alpha value is -3.45. The first-order valence-electron chi connectivity index (χ1n) is 11.7. The molecule has 0 aromatic heterocycles. The van der Waals surface area contributed by atoms with E-state index in [0.717, 1.165) is 55.6 Å². The molecule has 0 bridgehead atoms. The molecule has 1 aliphatic heterocycles. The van der Waals surface area contributed by atoms with Crippen molar-refractivity contribution in [1.82, 2.24) is 9.80 Å². The Morgan fingerprint density at radius 3 is 2.53 bits per heavy atom. The maximum atomic E-state index is 12.6. The number of hydrogen-bond donors (Lipinski definition) is 2. The number of amides is 1. The fraction of sp³-hybridized carbons (Fsp3) is 0.370. The van der Waals surface area contributed by atoms with Crippen molar-refractivity contribution in [3.63, 3.8) is 0 Å². The minimum atomic E-state index is 0.117. The van der Waals surface area contributed by atoms with Crippen molar-refractivity contribution in [2.24, 2.45) is 4.99 Å². The van der Waals surface area contributed by atoms with Gasteiger partial charge in [-0.1, -0.05) is 54.1 Å². The van der Waals surface area contributed by atoms with Crippen molar-refractivity contribution in [2.45, 2.75) is 32.6 Å². The fourth-order valence-electron chi connectivity index (χ4n) is 3.56. The normalized spacial score (nSPS) is 15.8. The molecule has 1 aromatic rings. The zero-order valence-electron chi connectivity index (χ0n) is 20.0. The number of hydrogen-bond acceptors (Lipinski definition) is 5. The Morgan fingerprint density at radius 2 is 1.79 bits per heavy atom. The van der Waals surface area contributed by atoms with Gasteiger partial charge < -0.3 is 15.2 Å². The lowest BCUT2D eigenvalue weighted by molar-refractivity contribution is -0.130. The van der Waals surface area contributed by atoms with E-state index < -0.39 is 0 Å². The summed E-state index contributed by atoms with van der Waals surface area (Å²) < 4.78 is 0. The van der Waals surface area contributed by atoms with Crippen LogP contribution >= 0.6 is 0 Å². The summed E-state index contributed by atoms with van der Waals surface area (Å²) in [6, 6.07) is 7.67. The third-order valence-corrected chi connectivity index (χ3v) is 5.58. The first kappa shape index (κ1) is 26.8. The fourth-order valence-corrected chi connectivity index (χ4v) is 3.56. The zero-order valence-corrected chi connectivity index (χ0v) is 20.0. The Labute approximate surface area is 202 Å². The van der Waals surface area contributed by atoms with Crippen molar-refractivity contribution < 1.29 is 9.59 Å². The van der Waals surface area contributed by atoms with Crippen LogP contribution in [0.25, 0.3) is 0 Å². The first-order valence-corrected chi connectivity index (χ1v) is 11.7. The molecule has 1 fully saturated rings. The van der Waals surface area contributed by atoms with Crippen LogP contribution in [0.5, 0.6) is 0 Å². The molecule has 7 heteroatoms. The molecular weight excluding hydrogens is 426 g/mol. The smallest absolute Gasteiger partial charge is 0.222 e. The monoisotopic (exact) mass is 461 g/mol. The average molecular weight is 462 g/mol. The van der Waals surface area contributed by atoms with Crippen LogP contribution in [0.1, 0.15) is 36.8 Å². The highest BCUT2D eigenvalue weighted by molar-refractivity contribution is 6.01. The number of allylic oxidation sites excluding steroid dienone is 5. The number of carbonyl (C=O) groups excluding carboxylic acids is 2. The molecule has 0 unspecified atom stereocenters. The van der Waals surface area contributed by atoms with Gasteiger partial charge >= 0.3 is 0 Å². The van der Waals surface area contributed by atoms with E-state index >= 15 is 0 Å². The van der Waals surface area contributed by atoms with Gasteiger partial charge in [0.25, 0.3) is 0 Å². The number of rotatable bonds is 11. The van der Waals surface area contributed by atoms with Gasteiger partial charge in [0, 0.05) is 50.6 Å². The van der Waals surface area contributed by atoms with E-state index in [0.29, 0.717) is 25.8 Å². The molecule has 2 rings (SSSR count). The number of amidine groups is 1. The van der Waals surface area contributed by atoms with E-state index in [1.165, 1.54) is 6.21 Å². The Kier molecular flexibility index (Phi) is 12.1. The molecule has 0 spiro atoms. The van der Waals surface area contributed by atoms with Gasteiger partial charge in [0.1, 0.15) is 6.29 Å². The quantitative estimate of drug-likeness (QED) is 0.171. The number of benzene rings is 1. The molecule has 1 aromatic carbocycles. The van der Waals surface area contributed by atoms with Gasteiger partial charge in [-0.3, -0.25) is 15.0 Å². The molecule has 34 heavy (non-hydrogen) atoms. The topological polar surface area (TPSA) is 101 Å². The van der Waals surface area contributed by atoms with E-state index in [1.54, 1.807) is 36.6 Å². The molecule has 1 amide bonds. The second-order valence-electron chi connectivity index (χ2n) is 8.19. The van der Waals surface area contributed by atoms with Crippen molar-refractivity contribution in [2.75, 3.05) is 32.7 Å². The summed E-state index contributed by atoms with van der Waals surface area (Å²) in [6.45, 7) is 5.91. The molecule has 1 heterocycles. The van der Waals surface area contributed by atoms with Gasteiger partial charge in [0.15, 0.2) is 5.84 Å². The van der Waals surface area contributed by atoms with Gasteiger partial charge in [0.2, 0.25) is 5.91 Å². The number of aryl methyl sites for hydroxylation is 1. The van der Waals surface area contributed by atoms with E-state index in [1.807, 2.05) is 36.1 Å². The Bertz CT molecular complexity index is 944. The van der Waals surface area contributed by atoms with E-state index in [9.17, 15) is 9.59 Å². The molecule has 7 nitrogen and oxygen atoms in total. The summed E-state index contributed by atoms with van der Waals surface area (Å²) in [5, 5.41) is 15.0. The van der Waals surface area contributed by atoms with E-state index in [2.05, 4.69) is 9.89 Å². The van der Waals surface area contributed by atoms with Crippen LogP contribution in [0.2, 0.25) is 0 Å². The zero-order chi connectivity index (χ0) is 24.6. The number of aliphatic imine (C=N–C) groups is 1. The van der Waals surface area contributed by atoms with Crippen LogP contribution in [-0.4, -0.2) is 73.0 Å². The molecule has 2 N–H and O–H groups in total. The highest BCUT2D eigenvalue weighted by atomic mass is 16.2.